The number of nitrogens with one attached hydrogen (secondary N) is 1. The molecule has 0 aliphatic carbocycles. The molecule has 1 amide bonds. The summed E-state index contributed by atoms with van der Waals surface area (Å²) < 4.78 is 0. The van der Waals surface area contributed by atoms with Crippen molar-refractivity contribution in [2.75, 3.05) is 13.1 Å². The minimum atomic E-state index is 0.193. The number of thiazole rings is 1. The number of piperidine rings is 1. The zero-order valence-corrected chi connectivity index (χ0v) is 11.2. The van der Waals surface area contributed by atoms with Gasteiger partial charge in [0, 0.05) is 38.0 Å². The Morgan fingerprint density at radius 2 is 2.29 bits per heavy atom. The standard InChI is InChI=1S/C12H19N3OS/c1-9-14-12(8-17-9)7-13-11-3-5-15(6-4-11)10(2)16/h8,11,13H,3-7H2,1-2H3. The first-order valence-electron chi connectivity index (χ1n) is 6.05. The molecule has 94 valence electrons. The van der Waals surface area contributed by atoms with Gasteiger partial charge >= 0.3 is 0 Å². The lowest BCUT2D eigenvalue weighted by molar-refractivity contribution is -0.129. The first-order chi connectivity index (χ1) is 8.15. The zero-order chi connectivity index (χ0) is 12.3. The summed E-state index contributed by atoms with van der Waals surface area (Å²) in [6, 6.07) is 0.521. The second-order valence-corrected chi connectivity index (χ2v) is 5.58. The molecule has 1 fully saturated rings. The van der Waals surface area contributed by atoms with Crippen LogP contribution in [0.3, 0.4) is 0 Å². The van der Waals surface area contributed by atoms with Crippen LogP contribution in [0.25, 0.3) is 0 Å². The summed E-state index contributed by atoms with van der Waals surface area (Å²) in [6.45, 7) is 6.27. The molecule has 1 aromatic rings. The van der Waals surface area contributed by atoms with E-state index in [9.17, 15) is 4.79 Å². The van der Waals surface area contributed by atoms with Crippen LogP contribution in [-0.4, -0.2) is 34.9 Å². The summed E-state index contributed by atoms with van der Waals surface area (Å²) >= 11 is 1.69. The lowest BCUT2D eigenvalue weighted by Gasteiger charge is -2.31. The molecule has 1 N–H and O–H groups in total. The Kier molecular flexibility index (Phi) is 4.12. The van der Waals surface area contributed by atoms with Crippen LogP contribution in [0.2, 0.25) is 0 Å². The quantitative estimate of drug-likeness (QED) is 0.889. The predicted molar refractivity (Wildman–Crippen MR) is 69.0 cm³/mol. The maximum absolute atomic E-state index is 11.2. The monoisotopic (exact) mass is 253 g/mol. The molecular weight excluding hydrogens is 234 g/mol. The first-order valence-corrected chi connectivity index (χ1v) is 6.93. The third-order valence-electron chi connectivity index (χ3n) is 3.18. The van der Waals surface area contributed by atoms with Gasteiger partial charge in [-0.1, -0.05) is 0 Å². The number of rotatable bonds is 3. The highest BCUT2D eigenvalue weighted by Gasteiger charge is 2.20. The van der Waals surface area contributed by atoms with E-state index in [1.807, 2.05) is 11.8 Å². The van der Waals surface area contributed by atoms with E-state index in [2.05, 4.69) is 15.7 Å². The molecule has 1 aliphatic heterocycles. The predicted octanol–water partition coefficient (Wildman–Crippen LogP) is 1.55. The fourth-order valence-electron chi connectivity index (χ4n) is 2.14. The SMILES string of the molecule is CC(=O)N1CCC(NCc2csc(C)n2)CC1. The van der Waals surface area contributed by atoms with Gasteiger partial charge in [0.15, 0.2) is 0 Å². The zero-order valence-electron chi connectivity index (χ0n) is 10.4. The molecular formula is C12H19N3OS. The third kappa shape index (κ3) is 3.51. The van der Waals surface area contributed by atoms with Crippen molar-refractivity contribution in [3.63, 3.8) is 0 Å². The fraction of sp³-hybridized carbons (Fsp3) is 0.667. The van der Waals surface area contributed by atoms with Crippen LogP contribution in [-0.2, 0) is 11.3 Å². The number of amides is 1. The van der Waals surface area contributed by atoms with Gasteiger partial charge in [0.2, 0.25) is 5.91 Å². The second-order valence-electron chi connectivity index (χ2n) is 4.52. The van der Waals surface area contributed by atoms with Crippen molar-refractivity contribution in [2.45, 2.75) is 39.3 Å². The van der Waals surface area contributed by atoms with Crippen LogP contribution in [0.1, 0.15) is 30.5 Å². The van der Waals surface area contributed by atoms with Crippen LogP contribution >= 0.6 is 11.3 Å². The molecule has 0 unspecified atom stereocenters. The van der Waals surface area contributed by atoms with Crippen molar-refractivity contribution in [3.05, 3.63) is 16.1 Å². The van der Waals surface area contributed by atoms with E-state index in [1.165, 1.54) is 0 Å². The topological polar surface area (TPSA) is 45.2 Å². The molecule has 2 heterocycles. The number of nitrogens with zero attached hydrogens (tertiary/aromatic N) is 2. The normalized spacial score (nSPS) is 17.4. The number of likely N-dealkylation sites (tertiary alicyclic amines) is 1. The molecule has 1 aromatic heterocycles. The van der Waals surface area contributed by atoms with Crippen molar-refractivity contribution in [1.82, 2.24) is 15.2 Å². The van der Waals surface area contributed by atoms with E-state index in [0.29, 0.717) is 6.04 Å². The van der Waals surface area contributed by atoms with Crippen molar-refractivity contribution in [3.8, 4) is 0 Å². The molecule has 1 saturated heterocycles. The van der Waals surface area contributed by atoms with Gasteiger partial charge in [-0.3, -0.25) is 4.79 Å². The van der Waals surface area contributed by atoms with Crippen LogP contribution in [0, 0.1) is 6.92 Å². The van der Waals surface area contributed by atoms with Crippen LogP contribution < -0.4 is 5.32 Å². The average Bonchev–Trinajstić information content (AvgIpc) is 2.73. The van der Waals surface area contributed by atoms with Crippen molar-refractivity contribution in [2.24, 2.45) is 0 Å². The van der Waals surface area contributed by atoms with Gasteiger partial charge in [0.25, 0.3) is 0 Å². The number of aromatic nitrogens is 1. The summed E-state index contributed by atoms with van der Waals surface area (Å²) in [5.74, 6) is 0.193. The molecule has 17 heavy (non-hydrogen) atoms. The second kappa shape index (κ2) is 5.60. The molecule has 0 aromatic carbocycles. The lowest BCUT2D eigenvalue weighted by Crippen LogP contribution is -2.43. The Hall–Kier alpha value is -0.940. The minimum Gasteiger partial charge on any atom is -0.343 e. The first kappa shape index (κ1) is 12.5. The summed E-state index contributed by atoms with van der Waals surface area (Å²) in [5, 5.41) is 6.74. The molecule has 5 heteroatoms. The highest BCUT2D eigenvalue weighted by Crippen LogP contribution is 2.12. The van der Waals surface area contributed by atoms with Gasteiger partial charge in [-0.25, -0.2) is 4.98 Å². The van der Waals surface area contributed by atoms with E-state index in [0.717, 1.165) is 43.2 Å². The highest BCUT2D eigenvalue weighted by atomic mass is 32.1. The number of hydrogen-bond donors (Lipinski definition) is 1. The number of aryl methyl sites for hydroxylation is 1. The Labute approximate surface area is 106 Å². The number of carbonyl (C=O) groups is 1. The summed E-state index contributed by atoms with van der Waals surface area (Å²) in [4.78, 5) is 17.5. The van der Waals surface area contributed by atoms with Crippen molar-refractivity contribution >= 4 is 17.2 Å². The van der Waals surface area contributed by atoms with E-state index < -0.39 is 0 Å². The van der Waals surface area contributed by atoms with Gasteiger partial charge in [-0.05, 0) is 19.8 Å². The van der Waals surface area contributed by atoms with Crippen LogP contribution in [0.15, 0.2) is 5.38 Å². The average molecular weight is 253 g/mol. The van der Waals surface area contributed by atoms with E-state index in [1.54, 1.807) is 18.3 Å². The maximum Gasteiger partial charge on any atom is 0.219 e. The summed E-state index contributed by atoms with van der Waals surface area (Å²) in [7, 11) is 0. The van der Waals surface area contributed by atoms with Gasteiger partial charge < -0.3 is 10.2 Å². The maximum atomic E-state index is 11.2. The van der Waals surface area contributed by atoms with E-state index in [-0.39, 0.29) is 5.91 Å². The van der Waals surface area contributed by atoms with Crippen molar-refractivity contribution < 1.29 is 4.79 Å². The van der Waals surface area contributed by atoms with Crippen molar-refractivity contribution in [1.29, 1.82) is 0 Å². The summed E-state index contributed by atoms with van der Waals surface area (Å²) in [6.07, 6.45) is 2.09. The highest BCUT2D eigenvalue weighted by molar-refractivity contribution is 7.09. The Bertz CT molecular complexity index is 383. The van der Waals surface area contributed by atoms with Crippen LogP contribution in [0.4, 0.5) is 0 Å². The number of carbonyl (C=O) groups excluding carboxylic acids is 1. The number of hydrogen-bond acceptors (Lipinski definition) is 4. The fourth-order valence-corrected chi connectivity index (χ4v) is 2.75. The Balaban J connectivity index is 1.73. The molecule has 0 spiro atoms. The van der Waals surface area contributed by atoms with Gasteiger partial charge in [0.05, 0.1) is 10.7 Å². The molecule has 4 nitrogen and oxygen atoms in total. The van der Waals surface area contributed by atoms with Gasteiger partial charge in [-0.2, -0.15) is 0 Å². The smallest absolute Gasteiger partial charge is 0.219 e. The van der Waals surface area contributed by atoms with E-state index >= 15 is 0 Å². The molecule has 1 aliphatic rings. The molecule has 0 atom stereocenters. The molecule has 0 bridgehead atoms. The Morgan fingerprint density at radius 3 is 2.82 bits per heavy atom. The van der Waals surface area contributed by atoms with Crippen LogP contribution in [0.5, 0.6) is 0 Å². The molecule has 0 saturated carbocycles. The third-order valence-corrected chi connectivity index (χ3v) is 4.00. The largest absolute Gasteiger partial charge is 0.343 e. The Morgan fingerprint density at radius 1 is 1.59 bits per heavy atom. The van der Waals surface area contributed by atoms with Gasteiger partial charge in [-0.15, -0.1) is 11.3 Å². The summed E-state index contributed by atoms with van der Waals surface area (Å²) in [5.41, 5.74) is 1.13. The minimum absolute atomic E-state index is 0.193. The lowest BCUT2D eigenvalue weighted by atomic mass is 10.1. The molecule has 2 rings (SSSR count). The van der Waals surface area contributed by atoms with Gasteiger partial charge in [0.1, 0.15) is 0 Å². The molecule has 0 radical (unpaired) electrons. The van der Waals surface area contributed by atoms with E-state index in [4.69, 9.17) is 0 Å².